The van der Waals surface area contributed by atoms with Crippen LogP contribution < -0.4 is 10.1 Å². The number of ether oxygens (including phenoxy) is 1. The van der Waals surface area contributed by atoms with Crippen molar-refractivity contribution in [1.82, 2.24) is 9.78 Å². The van der Waals surface area contributed by atoms with E-state index in [-0.39, 0.29) is 33.4 Å². The Hall–Kier alpha value is -3.58. The van der Waals surface area contributed by atoms with Gasteiger partial charge in [0.25, 0.3) is 5.91 Å². The van der Waals surface area contributed by atoms with Gasteiger partial charge in [0, 0.05) is 5.69 Å². The monoisotopic (exact) mass is 452 g/mol. The van der Waals surface area contributed by atoms with Crippen molar-refractivity contribution in [3.63, 3.8) is 0 Å². The van der Waals surface area contributed by atoms with E-state index >= 15 is 0 Å². The number of amides is 1. The molecule has 1 aromatic heterocycles. The largest absolute Gasteiger partial charge is 0.483 e. The van der Waals surface area contributed by atoms with Crippen LogP contribution in [0.25, 0.3) is 5.69 Å². The molecule has 0 spiro atoms. The van der Waals surface area contributed by atoms with Crippen molar-refractivity contribution in [3.8, 4) is 17.5 Å². The fourth-order valence-corrected chi connectivity index (χ4v) is 3.04. The molecule has 0 aliphatic rings. The average molecular weight is 453 g/mol. The second-order valence-corrected chi connectivity index (χ2v) is 6.68. The Morgan fingerprint density at radius 2 is 1.94 bits per heavy atom. The summed E-state index contributed by atoms with van der Waals surface area (Å²) in [5.41, 5.74) is 0.726. The molecule has 6 nitrogen and oxygen atoms in total. The predicted octanol–water partition coefficient (Wildman–Crippen LogP) is 5.04. The Balaban J connectivity index is 1.83. The molecule has 3 aromatic rings. The number of aryl methyl sites for hydroxylation is 1. The maximum absolute atomic E-state index is 13.1. The van der Waals surface area contributed by atoms with Gasteiger partial charge in [0.15, 0.2) is 6.61 Å². The van der Waals surface area contributed by atoms with Gasteiger partial charge in [-0.15, -0.1) is 0 Å². The molecule has 0 unspecified atom stereocenters. The second kappa shape index (κ2) is 8.65. The number of benzene rings is 2. The number of nitrogens with one attached hydrogen (secondary N) is 1. The zero-order valence-corrected chi connectivity index (χ0v) is 16.6. The first-order valence-corrected chi connectivity index (χ1v) is 9.03. The first-order chi connectivity index (χ1) is 14.6. The molecule has 11 heteroatoms. The van der Waals surface area contributed by atoms with Gasteiger partial charge in [0.1, 0.15) is 28.4 Å². The number of rotatable bonds is 5. The SMILES string of the molecule is Cc1nn(-c2ccc(F)cc2)c(Cl)c1C(=O)Nc1ccc(OCC(F)(F)F)c(C#N)c1. The molecule has 0 fully saturated rings. The zero-order chi connectivity index (χ0) is 22.8. The number of hydrogen-bond donors (Lipinski definition) is 1. The van der Waals surface area contributed by atoms with E-state index in [0.717, 1.165) is 6.07 Å². The van der Waals surface area contributed by atoms with Crippen molar-refractivity contribution in [3.05, 3.63) is 70.3 Å². The van der Waals surface area contributed by atoms with E-state index in [2.05, 4.69) is 15.2 Å². The van der Waals surface area contributed by atoms with Crippen LogP contribution in [-0.4, -0.2) is 28.5 Å². The summed E-state index contributed by atoms with van der Waals surface area (Å²) in [6.07, 6.45) is -4.56. The van der Waals surface area contributed by atoms with Crippen LogP contribution in [0.2, 0.25) is 5.15 Å². The quantitative estimate of drug-likeness (QED) is 0.550. The van der Waals surface area contributed by atoms with Gasteiger partial charge in [-0.25, -0.2) is 9.07 Å². The number of carbonyl (C=O) groups is 1. The highest BCUT2D eigenvalue weighted by atomic mass is 35.5. The molecular formula is C20H13ClF4N4O2. The minimum absolute atomic E-state index is 0.0211. The zero-order valence-electron chi connectivity index (χ0n) is 15.8. The summed E-state index contributed by atoms with van der Waals surface area (Å²) in [5, 5.41) is 15.9. The lowest BCUT2D eigenvalue weighted by molar-refractivity contribution is -0.153. The lowest BCUT2D eigenvalue weighted by Crippen LogP contribution is -2.19. The van der Waals surface area contributed by atoms with Crippen LogP contribution in [0.3, 0.4) is 0 Å². The smallest absolute Gasteiger partial charge is 0.422 e. The van der Waals surface area contributed by atoms with Gasteiger partial charge < -0.3 is 10.1 Å². The number of hydrogen-bond acceptors (Lipinski definition) is 4. The highest BCUT2D eigenvalue weighted by molar-refractivity contribution is 6.34. The number of anilines is 1. The Labute approximate surface area is 178 Å². The second-order valence-electron chi connectivity index (χ2n) is 6.32. The fourth-order valence-electron chi connectivity index (χ4n) is 2.68. The molecule has 0 saturated heterocycles. The van der Waals surface area contributed by atoms with Gasteiger partial charge in [-0.05, 0) is 49.4 Å². The molecule has 0 aliphatic carbocycles. The normalized spacial score (nSPS) is 11.1. The molecular weight excluding hydrogens is 440 g/mol. The number of nitriles is 1. The van der Waals surface area contributed by atoms with Crippen molar-refractivity contribution >= 4 is 23.2 Å². The minimum Gasteiger partial charge on any atom is -0.483 e. The van der Waals surface area contributed by atoms with E-state index in [9.17, 15) is 27.6 Å². The van der Waals surface area contributed by atoms with E-state index in [1.807, 2.05) is 0 Å². The van der Waals surface area contributed by atoms with Crippen LogP contribution in [-0.2, 0) is 0 Å². The number of halogens is 5. The van der Waals surface area contributed by atoms with E-state index in [1.54, 1.807) is 13.0 Å². The number of alkyl halides is 3. The van der Waals surface area contributed by atoms with Gasteiger partial charge in [0.05, 0.1) is 16.9 Å². The molecule has 0 aliphatic heterocycles. The summed E-state index contributed by atoms with van der Waals surface area (Å²) in [4.78, 5) is 12.7. The molecule has 1 heterocycles. The maximum Gasteiger partial charge on any atom is 0.422 e. The summed E-state index contributed by atoms with van der Waals surface area (Å²) >= 11 is 6.30. The van der Waals surface area contributed by atoms with Gasteiger partial charge in [0.2, 0.25) is 0 Å². The van der Waals surface area contributed by atoms with Crippen molar-refractivity contribution in [2.75, 3.05) is 11.9 Å². The Morgan fingerprint density at radius 3 is 2.55 bits per heavy atom. The highest BCUT2D eigenvalue weighted by Gasteiger charge is 2.29. The van der Waals surface area contributed by atoms with Crippen molar-refractivity contribution in [2.45, 2.75) is 13.1 Å². The molecule has 0 saturated carbocycles. The molecule has 1 amide bonds. The average Bonchev–Trinajstić information content (AvgIpc) is 3.00. The molecule has 1 N–H and O–H groups in total. The van der Waals surface area contributed by atoms with E-state index < -0.39 is 24.5 Å². The topological polar surface area (TPSA) is 79.9 Å². The number of nitrogens with zero attached hydrogens (tertiary/aromatic N) is 3. The molecule has 31 heavy (non-hydrogen) atoms. The lowest BCUT2D eigenvalue weighted by atomic mass is 10.1. The third kappa shape index (κ3) is 5.13. The summed E-state index contributed by atoms with van der Waals surface area (Å²) in [6, 6.07) is 10.6. The van der Waals surface area contributed by atoms with Crippen LogP contribution in [0, 0.1) is 24.1 Å². The first kappa shape index (κ1) is 22.1. The molecule has 2 aromatic carbocycles. The van der Waals surface area contributed by atoms with E-state index in [0.29, 0.717) is 5.69 Å². The number of carbonyl (C=O) groups excluding carboxylic acids is 1. The number of aromatic nitrogens is 2. The fraction of sp³-hybridized carbons (Fsp3) is 0.150. The van der Waals surface area contributed by atoms with Crippen molar-refractivity contribution in [2.24, 2.45) is 0 Å². The third-order valence-corrected chi connectivity index (χ3v) is 4.40. The highest BCUT2D eigenvalue weighted by Crippen LogP contribution is 2.27. The van der Waals surface area contributed by atoms with Crippen molar-refractivity contribution in [1.29, 1.82) is 5.26 Å². The van der Waals surface area contributed by atoms with Gasteiger partial charge >= 0.3 is 6.18 Å². The minimum atomic E-state index is -4.56. The van der Waals surface area contributed by atoms with E-state index in [4.69, 9.17) is 11.6 Å². The Bertz CT molecular complexity index is 1170. The molecule has 0 radical (unpaired) electrons. The van der Waals surface area contributed by atoms with E-state index in [1.165, 1.54) is 41.1 Å². The van der Waals surface area contributed by atoms with Crippen LogP contribution in [0.5, 0.6) is 5.75 Å². The Morgan fingerprint density at radius 1 is 1.26 bits per heavy atom. The maximum atomic E-state index is 13.1. The van der Waals surface area contributed by atoms with Gasteiger partial charge in [-0.3, -0.25) is 4.79 Å². The van der Waals surface area contributed by atoms with Crippen LogP contribution >= 0.6 is 11.6 Å². The molecule has 3 rings (SSSR count). The summed E-state index contributed by atoms with van der Waals surface area (Å²) in [7, 11) is 0. The van der Waals surface area contributed by atoms with Crippen LogP contribution in [0.4, 0.5) is 23.2 Å². The lowest BCUT2D eigenvalue weighted by Gasteiger charge is -2.12. The first-order valence-electron chi connectivity index (χ1n) is 8.65. The molecule has 0 atom stereocenters. The Kier molecular flexibility index (Phi) is 6.17. The standard InChI is InChI=1S/C20H13ClF4N4O2/c1-11-17(18(21)29(28-11)15-5-2-13(22)3-6-15)19(30)27-14-4-7-16(12(8-14)9-26)31-10-20(23,24)25/h2-8H,10H2,1H3,(H,27,30). The van der Waals surface area contributed by atoms with Crippen molar-refractivity contribution < 1.29 is 27.1 Å². The summed E-state index contributed by atoms with van der Waals surface area (Å²) in [6.45, 7) is 0.000356. The molecule has 160 valence electrons. The summed E-state index contributed by atoms with van der Waals surface area (Å²) in [5.74, 6) is -1.36. The van der Waals surface area contributed by atoms with Gasteiger partial charge in [-0.2, -0.15) is 23.5 Å². The molecule has 0 bridgehead atoms. The predicted molar refractivity (Wildman–Crippen MR) is 104 cm³/mol. The third-order valence-electron chi connectivity index (χ3n) is 4.05. The van der Waals surface area contributed by atoms with Gasteiger partial charge in [-0.1, -0.05) is 11.6 Å². The van der Waals surface area contributed by atoms with Crippen LogP contribution in [0.1, 0.15) is 21.6 Å². The summed E-state index contributed by atoms with van der Waals surface area (Å²) < 4.78 is 56.0. The van der Waals surface area contributed by atoms with Crippen LogP contribution in [0.15, 0.2) is 42.5 Å².